The van der Waals surface area contributed by atoms with Crippen LogP contribution in [-0.4, -0.2) is 57.5 Å². The lowest BCUT2D eigenvalue weighted by atomic mass is 10.1. The number of alkyl halides is 3. The van der Waals surface area contributed by atoms with Gasteiger partial charge in [0.1, 0.15) is 24.7 Å². The third-order valence-electron chi connectivity index (χ3n) is 10.6. The first kappa shape index (κ1) is 39.6. The molecule has 21 heteroatoms. The number of aromatic nitrogens is 6. The van der Waals surface area contributed by atoms with Gasteiger partial charge in [-0.3, -0.25) is 18.2 Å². The SMILES string of the molecule is CS(=O)(=O)Nc1nnc2cc(COc3cc(Cl)cc(CC4CC4S(=O)(=O)Nc4nnc5cc(COc6ccc(Cl)c(C(F)(F)F)c6)c(C6CC6)cn45)c3)c(C3CC3)cn12. The van der Waals surface area contributed by atoms with Gasteiger partial charge in [0.25, 0.3) is 0 Å². The zero-order valence-electron chi connectivity index (χ0n) is 31.1. The molecule has 0 bridgehead atoms. The van der Waals surface area contributed by atoms with Gasteiger partial charge in [-0.2, -0.15) is 13.2 Å². The van der Waals surface area contributed by atoms with Crippen molar-refractivity contribution in [3.8, 4) is 11.5 Å². The molecule has 14 nitrogen and oxygen atoms in total. The zero-order valence-corrected chi connectivity index (χ0v) is 34.2. The number of pyridine rings is 2. The van der Waals surface area contributed by atoms with Crippen LogP contribution in [0.5, 0.6) is 11.5 Å². The molecule has 0 saturated heterocycles. The largest absolute Gasteiger partial charge is 0.489 e. The standard InChI is InChI=1S/C38H35Cl2F3N8O6S2/c1-58(52,53)48-36-46-44-34-13-25(29(16-50(34)36)21-2-3-21)19-57-28-10-20(9-26(39)14-28)8-23-11-33(23)59(54,55)49-37-47-45-35-12-24(30(17-51(35)37)22-4-5-22)18-56-27-6-7-32(40)31(15-27)38(41,42)43/h6-7,9-10,12-17,21-23,33H,2-5,8,11,18-19H2,1H3,(H,46,48)(H,47,49). The van der Waals surface area contributed by atoms with Crippen LogP contribution in [0, 0.1) is 5.92 Å². The Morgan fingerprint density at radius 3 is 1.90 bits per heavy atom. The Morgan fingerprint density at radius 2 is 1.34 bits per heavy atom. The van der Waals surface area contributed by atoms with Crippen LogP contribution in [0.25, 0.3) is 11.3 Å². The number of ether oxygens (including phenoxy) is 2. The van der Waals surface area contributed by atoms with Gasteiger partial charge in [0.2, 0.25) is 31.9 Å². The molecule has 0 aliphatic heterocycles. The molecule has 9 rings (SSSR count). The predicted molar refractivity (Wildman–Crippen MR) is 213 cm³/mol. The minimum Gasteiger partial charge on any atom is -0.489 e. The molecule has 3 aliphatic carbocycles. The number of nitrogens with one attached hydrogen (secondary N) is 2. The van der Waals surface area contributed by atoms with Crippen LogP contribution in [0.4, 0.5) is 25.1 Å². The average Bonchev–Trinajstić information content (AvgIpc) is 4.06. The number of sulfonamides is 2. The van der Waals surface area contributed by atoms with Gasteiger partial charge < -0.3 is 9.47 Å². The smallest absolute Gasteiger partial charge is 0.417 e. The number of anilines is 2. The van der Waals surface area contributed by atoms with Crippen molar-refractivity contribution in [2.45, 2.75) is 75.0 Å². The van der Waals surface area contributed by atoms with E-state index in [0.717, 1.165) is 66.3 Å². The number of benzene rings is 2. The second-order valence-electron chi connectivity index (χ2n) is 15.3. The van der Waals surface area contributed by atoms with E-state index in [1.165, 1.54) is 6.07 Å². The molecule has 0 amide bonds. The highest BCUT2D eigenvalue weighted by Gasteiger charge is 2.47. The lowest BCUT2D eigenvalue weighted by molar-refractivity contribution is -0.137. The number of halogens is 5. The first-order valence-corrected chi connectivity index (χ1v) is 22.8. The van der Waals surface area contributed by atoms with Crippen LogP contribution in [-0.2, 0) is 45.9 Å². The molecular weight excluding hydrogens is 857 g/mol. The van der Waals surface area contributed by atoms with Gasteiger partial charge >= 0.3 is 6.18 Å². The highest BCUT2D eigenvalue weighted by atomic mass is 35.5. The van der Waals surface area contributed by atoms with Crippen molar-refractivity contribution in [3.63, 3.8) is 0 Å². The monoisotopic (exact) mass is 890 g/mol. The summed E-state index contributed by atoms with van der Waals surface area (Å²) in [6.45, 7) is 0.159. The Labute approximate surface area is 346 Å². The Morgan fingerprint density at radius 1 is 0.763 bits per heavy atom. The van der Waals surface area contributed by atoms with E-state index in [1.54, 1.807) is 33.2 Å². The molecule has 4 heterocycles. The molecule has 0 radical (unpaired) electrons. The van der Waals surface area contributed by atoms with Gasteiger partial charge in [-0.25, -0.2) is 16.8 Å². The molecule has 3 aliphatic rings. The fourth-order valence-electron chi connectivity index (χ4n) is 7.34. The molecule has 6 aromatic rings. The average molecular weight is 892 g/mol. The summed E-state index contributed by atoms with van der Waals surface area (Å²) in [5, 5.41) is 15.7. The van der Waals surface area contributed by atoms with Crippen molar-refractivity contribution in [2.75, 3.05) is 15.7 Å². The van der Waals surface area contributed by atoms with Crippen LogP contribution >= 0.6 is 23.2 Å². The van der Waals surface area contributed by atoms with E-state index in [4.69, 9.17) is 32.7 Å². The summed E-state index contributed by atoms with van der Waals surface area (Å²) in [4.78, 5) is 0. The Kier molecular flexibility index (Phi) is 9.87. The van der Waals surface area contributed by atoms with E-state index in [1.807, 2.05) is 18.3 Å². The first-order chi connectivity index (χ1) is 28.0. The summed E-state index contributed by atoms with van der Waals surface area (Å²) < 4.78 is 111. The molecule has 2 unspecified atom stereocenters. The quantitative estimate of drug-likeness (QED) is 0.104. The van der Waals surface area contributed by atoms with Crippen molar-refractivity contribution < 1.29 is 39.5 Å². The molecule has 3 fully saturated rings. The van der Waals surface area contributed by atoms with Gasteiger partial charge in [0, 0.05) is 17.4 Å². The van der Waals surface area contributed by atoms with Crippen LogP contribution in [0.3, 0.4) is 0 Å². The van der Waals surface area contributed by atoms with Crippen LogP contribution in [0.15, 0.2) is 60.9 Å². The van der Waals surface area contributed by atoms with E-state index in [2.05, 4.69) is 29.8 Å². The normalized spacial score (nSPS) is 18.3. The van der Waals surface area contributed by atoms with Crippen molar-refractivity contribution in [2.24, 2.45) is 5.92 Å². The minimum atomic E-state index is -4.64. The summed E-state index contributed by atoms with van der Waals surface area (Å²) >= 11 is 12.3. The van der Waals surface area contributed by atoms with Gasteiger partial charge in [0.05, 0.1) is 22.1 Å². The molecule has 59 heavy (non-hydrogen) atoms. The van der Waals surface area contributed by atoms with Gasteiger partial charge in [-0.1, -0.05) is 23.2 Å². The number of hydrogen-bond acceptors (Lipinski definition) is 10. The molecule has 0 spiro atoms. The van der Waals surface area contributed by atoms with Gasteiger partial charge in [-0.05, 0) is 133 Å². The molecule has 2 N–H and O–H groups in total. The minimum absolute atomic E-state index is 0.00527. The maximum Gasteiger partial charge on any atom is 0.417 e. The van der Waals surface area contributed by atoms with Crippen molar-refractivity contribution >= 4 is 66.4 Å². The fourth-order valence-corrected chi connectivity index (χ4v) is 9.93. The number of nitrogens with zero attached hydrogens (tertiary/aromatic N) is 6. The highest BCUT2D eigenvalue weighted by Crippen LogP contribution is 2.45. The molecule has 2 atom stereocenters. The summed E-state index contributed by atoms with van der Waals surface area (Å²) in [5.74, 6) is 0.944. The fraction of sp³-hybridized carbons (Fsp3) is 0.368. The maximum absolute atomic E-state index is 13.6. The third kappa shape index (κ3) is 8.74. The molecule has 4 aromatic heterocycles. The van der Waals surface area contributed by atoms with E-state index in [9.17, 15) is 30.0 Å². The summed E-state index contributed by atoms with van der Waals surface area (Å²) in [7, 11) is -7.44. The van der Waals surface area contributed by atoms with Crippen molar-refractivity contribution in [1.29, 1.82) is 0 Å². The Hall–Kier alpha value is -4.85. The zero-order chi connectivity index (χ0) is 41.4. The highest BCUT2D eigenvalue weighted by molar-refractivity contribution is 7.93. The van der Waals surface area contributed by atoms with E-state index in [0.29, 0.717) is 46.4 Å². The van der Waals surface area contributed by atoms with Crippen molar-refractivity contribution in [3.05, 3.63) is 104 Å². The van der Waals surface area contributed by atoms with Crippen molar-refractivity contribution in [1.82, 2.24) is 29.2 Å². The third-order valence-corrected chi connectivity index (χ3v) is 13.5. The van der Waals surface area contributed by atoms with Crippen LogP contribution < -0.4 is 18.9 Å². The molecular formula is C38H35Cl2F3N8O6S2. The number of rotatable bonds is 15. The second kappa shape index (κ2) is 14.7. The van der Waals surface area contributed by atoms with Crippen LogP contribution in [0.1, 0.15) is 77.3 Å². The summed E-state index contributed by atoms with van der Waals surface area (Å²) in [5.41, 5.74) is 4.09. The first-order valence-electron chi connectivity index (χ1n) is 18.6. The second-order valence-corrected chi connectivity index (χ2v) is 19.8. The number of fused-ring (bicyclic) bond motifs is 2. The predicted octanol–water partition coefficient (Wildman–Crippen LogP) is 7.75. The lowest BCUT2D eigenvalue weighted by Crippen LogP contribution is -2.21. The summed E-state index contributed by atoms with van der Waals surface area (Å²) in [6, 6.07) is 12.2. The van der Waals surface area contributed by atoms with Gasteiger partial charge in [-0.15, -0.1) is 20.4 Å². The lowest BCUT2D eigenvalue weighted by Gasteiger charge is -2.14. The van der Waals surface area contributed by atoms with Gasteiger partial charge in [0.15, 0.2) is 11.3 Å². The van der Waals surface area contributed by atoms with E-state index >= 15 is 0 Å². The maximum atomic E-state index is 13.6. The van der Waals surface area contributed by atoms with E-state index < -0.39 is 42.1 Å². The Balaban J connectivity index is 0.862. The molecule has 2 aromatic carbocycles. The topological polar surface area (TPSA) is 171 Å². The number of hydrogen-bond donors (Lipinski definition) is 2. The summed E-state index contributed by atoms with van der Waals surface area (Å²) in [6.07, 6.45) is 4.66. The van der Waals surface area contributed by atoms with Crippen LogP contribution in [0.2, 0.25) is 10.0 Å². The Bertz CT molecular complexity index is 2870. The molecule has 310 valence electrons. The molecule has 3 saturated carbocycles. The van der Waals surface area contributed by atoms with E-state index in [-0.39, 0.29) is 42.7 Å².